The molecule has 7 nitrogen and oxygen atoms in total. The van der Waals surface area contributed by atoms with Gasteiger partial charge in [-0.25, -0.2) is 0 Å². The van der Waals surface area contributed by atoms with Crippen LogP contribution in [-0.4, -0.2) is 53.0 Å². The highest BCUT2D eigenvalue weighted by atomic mass is 16.5. The van der Waals surface area contributed by atoms with Gasteiger partial charge in [0.15, 0.2) is 0 Å². The summed E-state index contributed by atoms with van der Waals surface area (Å²) in [4.78, 5) is 27.0. The minimum absolute atomic E-state index is 0.221. The second-order valence-electron chi connectivity index (χ2n) is 7.61. The van der Waals surface area contributed by atoms with Crippen molar-refractivity contribution < 1.29 is 9.53 Å². The molecule has 0 fully saturated rings. The maximum atomic E-state index is 13.1. The van der Waals surface area contributed by atoms with Gasteiger partial charge in [-0.3, -0.25) is 14.8 Å². The predicted molar refractivity (Wildman–Crippen MR) is 119 cm³/mol. The van der Waals surface area contributed by atoms with E-state index in [0.717, 1.165) is 33.9 Å². The second kappa shape index (κ2) is 8.12. The number of ether oxygens (including phenoxy) is 1. The highest BCUT2D eigenvalue weighted by Gasteiger charge is 2.20. The molecular formula is C23H25N5O2. The van der Waals surface area contributed by atoms with Crippen LogP contribution in [0.2, 0.25) is 0 Å². The van der Waals surface area contributed by atoms with Crippen LogP contribution in [0.15, 0.2) is 42.9 Å². The van der Waals surface area contributed by atoms with Gasteiger partial charge >= 0.3 is 0 Å². The summed E-state index contributed by atoms with van der Waals surface area (Å²) >= 11 is 0. The first kappa shape index (κ1) is 19.8. The number of aromatic amines is 1. The number of rotatable bonds is 6. The molecular weight excluding hydrogens is 378 g/mol. The van der Waals surface area contributed by atoms with Crippen LogP contribution in [0.25, 0.3) is 21.8 Å². The van der Waals surface area contributed by atoms with E-state index in [9.17, 15) is 4.79 Å². The summed E-state index contributed by atoms with van der Waals surface area (Å²) in [6.45, 7) is 5.10. The summed E-state index contributed by atoms with van der Waals surface area (Å²) in [5.74, 6) is 0.445. The van der Waals surface area contributed by atoms with Gasteiger partial charge in [-0.05, 0) is 57.8 Å². The zero-order valence-corrected chi connectivity index (χ0v) is 17.6. The molecule has 0 radical (unpaired) electrons. The van der Waals surface area contributed by atoms with Gasteiger partial charge in [-0.1, -0.05) is 0 Å². The lowest BCUT2D eigenvalue weighted by Gasteiger charge is -2.18. The van der Waals surface area contributed by atoms with Crippen molar-refractivity contribution in [3.63, 3.8) is 0 Å². The zero-order chi connectivity index (χ0) is 21.3. The number of pyridine rings is 2. The zero-order valence-electron chi connectivity index (χ0n) is 17.6. The molecule has 0 unspecified atom stereocenters. The summed E-state index contributed by atoms with van der Waals surface area (Å²) < 4.78 is 6.14. The van der Waals surface area contributed by atoms with Gasteiger partial charge in [0, 0.05) is 35.4 Å². The smallest absolute Gasteiger partial charge is 0.257 e. The molecule has 1 amide bonds. The van der Waals surface area contributed by atoms with Gasteiger partial charge in [0.2, 0.25) is 0 Å². The van der Waals surface area contributed by atoms with Crippen LogP contribution < -0.4 is 10.1 Å². The van der Waals surface area contributed by atoms with Gasteiger partial charge in [0.1, 0.15) is 18.0 Å². The summed E-state index contributed by atoms with van der Waals surface area (Å²) in [5.41, 5.74) is 4.52. The molecule has 3 aromatic heterocycles. The third kappa shape index (κ3) is 3.71. The number of fused-ring (bicyclic) bond motifs is 3. The molecule has 30 heavy (non-hydrogen) atoms. The van der Waals surface area contributed by atoms with Crippen molar-refractivity contribution >= 4 is 33.4 Å². The number of amides is 1. The van der Waals surface area contributed by atoms with Gasteiger partial charge in [-0.15, -0.1) is 0 Å². The SMILES string of the molecule is Cc1cc2c([nH]c3cnccc32)c(NC(=O)c2cccnc2C)c1OCCN(C)C. The van der Waals surface area contributed by atoms with E-state index < -0.39 is 0 Å². The molecule has 0 aliphatic heterocycles. The van der Waals surface area contributed by atoms with Crippen LogP contribution in [0.1, 0.15) is 21.6 Å². The number of carbonyl (C=O) groups is 1. The highest BCUT2D eigenvalue weighted by molar-refractivity contribution is 6.16. The molecule has 0 saturated carbocycles. The van der Waals surface area contributed by atoms with Gasteiger partial charge in [0.25, 0.3) is 5.91 Å². The number of anilines is 1. The maximum Gasteiger partial charge on any atom is 0.257 e. The molecule has 3 heterocycles. The minimum atomic E-state index is -0.221. The third-order valence-corrected chi connectivity index (χ3v) is 5.11. The first-order valence-corrected chi connectivity index (χ1v) is 9.85. The Bertz CT molecular complexity index is 1230. The Morgan fingerprint density at radius 3 is 2.80 bits per heavy atom. The van der Waals surface area contributed by atoms with Crippen LogP contribution >= 0.6 is 0 Å². The quantitative estimate of drug-likeness (QED) is 0.510. The number of aryl methyl sites for hydroxylation is 2. The van der Waals surface area contributed by atoms with Crippen molar-refractivity contribution in [3.8, 4) is 5.75 Å². The minimum Gasteiger partial charge on any atom is -0.490 e. The van der Waals surface area contributed by atoms with Crippen molar-refractivity contribution in [2.75, 3.05) is 32.6 Å². The third-order valence-electron chi connectivity index (χ3n) is 5.11. The predicted octanol–water partition coefficient (Wildman–Crippen LogP) is 3.92. The van der Waals surface area contributed by atoms with E-state index in [-0.39, 0.29) is 5.91 Å². The number of nitrogens with zero attached hydrogens (tertiary/aromatic N) is 3. The summed E-state index contributed by atoms with van der Waals surface area (Å²) in [5, 5.41) is 5.15. The Morgan fingerprint density at radius 1 is 1.20 bits per heavy atom. The molecule has 4 aromatic rings. The summed E-state index contributed by atoms with van der Waals surface area (Å²) in [6.07, 6.45) is 5.23. The molecule has 0 atom stereocenters. The molecule has 7 heteroatoms. The summed E-state index contributed by atoms with van der Waals surface area (Å²) in [7, 11) is 4.00. The summed E-state index contributed by atoms with van der Waals surface area (Å²) in [6, 6.07) is 7.59. The molecule has 0 spiro atoms. The van der Waals surface area contributed by atoms with Crippen LogP contribution in [0, 0.1) is 13.8 Å². The lowest BCUT2D eigenvalue weighted by Crippen LogP contribution is -2.21. The lowest BCUT2D eigenvalue weighted by molar-refractivity contribution is 0.102. The van der Waals surface area contributed by atoms with E-state index in [2.05, 4.69) is 31.2 Å². The van der Waals surface area contributed by atoms with Crippen molar-refractivity contribution in [2.24, 2.45) is 0 Å². The highest BCUT2D eigenvalue weighted by Crippen LogP contribution is 2.39. The van der Waals surface area contributed by atoms with E-state index in [1.807, 2.05) is 34.0 Å². The average molecular weight is 403 g/mol. The van der Waals surface area contributed by atoms with Gasteiger partial charge < -0.3 is 19.9 Å². The van der Waals surface area contributed by atoms with Crippen molar-refractivity contribution in [3.05, 3.63) is 59.7 Å². The van der Waals surface area contributed by atoms with Crippen molar-refractivity contribution in [1.29, 1.82) is 0 Å². The number of hydrogen-bond donors (Lipinski definition) is 2. The topological polar surface area (TPSA) is 83.1 Å². The maximum absolute atomic E-state index is 13.1. The number of hydrogen-bond acceptors (Lipinski definition) is 5. The Labute approximate surface area is 175 Å². The van der Waals surface area contributed by atoms with Crippen molar-refractivity contribution in [2.45, 2.75) is 13.8 Å². The van der Waals surface area contributed by atoms with Crippen LogP contribution in [0.4, 0.5) is 5.69 Å². The molecule has 0 bridgehead atoms. The number of carbonyl (C=O) groups excluding carboxylic acids is 1. The molecule has 0 saturated heterocycles. The monoisotopic (exact) mass is 403 g/mol. The fraction of sp³-hybridized carbons (Fsp3) is 0.261. The number of nitrogens with one attached hydrogen (secondary N) is 2. The molecule has 0 aliphatic carbocycles. The molecule has 0 aliphatic rings. The number of benzene rings is 1. The van der Waals surface area contributed by atoms with Crippen LogP contribution in [0.3, 0.4) is 0 Å². The van der Waals surface area contributed by atoms with E-state index in [1.54, 1.807) is 30.7 Å². The first-order valence-electron chi connectivity index (χ1n) is 9.85. The lowest BCUT2D eigenvalue weighted by atomic mass is 10.1. The van der Waals surface area contributed by atoms with Crippen molar-refractivity contribution in [1.82, 2.24) is 19.9 Å². The van der Waals surface area contributed by atoms with Crippen LogP contribution in [0.5, 0.6) is 5.75 Å². The number of likely N-dealkylation sites (N-methyl/N-ethyl adjacent to an activating group) is 1. The second-order valence-corrected chi connectivity index (χ2v) is 7.61. The Balaban J connectivity index is 1.84. The molecule has 2 N–H and O–H groups in total. The van der Waals surface area contributed by atoms with Gasteiger partial charge in [0.05, 0.1) is 22.8 Å². The standard InChI is InChI=1S/C23H25N5O2/c1-14-12-18-17-7-9-24-13-19(17)26-20(18)21(22(14)30-11-10-28(3)4)27-23(29)16-6-5-8-25-15(16)2/h5-9,12-13,26H,10-11H2,1-4H3,(H,27,29). The molecule has 4 rings (SSSR count). The first-order chi connectivity index (χ1) is 14.5. The fourth-order valence-electron chi connectivity index (χ4n) is 3.55. The Morgan fingerprint density at radius 2 is 2.03 bits per heavy atom. The average Bonchev–Trinajstić information content (AvgIpc) is 3.08. The normalized spacial score (nSPS) is 11.4. The van der Waals surface area contributed by atoms with E-state index in [1.165, 1.54) is 0 Å². The number of aromatic nitrogens is 3. The molecule has 1 aromatic carbocycles. The largest absolute Gasteiger partial charge is 0.490 e. The Hall–Kier alpha value is -3.45. The Kier molecular flexibility index (Phi) is 5.37. The van der Waals surface area contributed by atoms with E-state index in [4.69, 9.17) is 4.74 Å². The van der Waals surface area contributed by atoms with Gasteiger partial charge in [-0.2, -0.15) is 0 Å². The number of H-pyrrole nitrogens is 1. The van der Waals surface area contributed by atoms with E-state index in [0.29, 0.717) is 29.3 Å². The van der Waals surface area contributed by atoms with E-state index >= 15 is 0 Å². The molecule has 154 valence electrons. The fourth-order valence-corrected chi connectivity index (χ4v) is 3.55. The van der Waals surface area contributed by atoms with Crippen LogP contribution in [-0.2, 0) is 0 Å².